The van der Waals surface area contributed by atoms with Crippen molar-refractivity contribution in [3.05, 3.63) is 17.8 Å². The van der Waals surface area contributed by atoms with Gasteiger partial charge in [0.25, 0.3) is 0 Å². The van der Waals surface area contributed by atoms with Gasteiger partial charge in [-0.25, -0.2) is 14.4 Å². The molecule has 0 aliphatic carbocycles. The molecule has 1 atom stereocenters. The molecule has 0 aliphatic rings. The van der Waals surface area contributed by atoms with E-state index in [1.165, 1.54) is 6.33 Å². The standard InChI is InChI=1S/C11H18FN3O2/c1-8-9(12)10(15-7-14-8)13-6-11(2,16)4-5-17-3/h7,16H,4-6H2,1-3H3,(H,13,14,15). The van der Waals surface area contributed by atoms with Crippen molar-refractivity contribution in [1.82, 2.24) is 9.97 Å². The fraction of sp³-hybridized carbons (Fsp3) is 0.636. The number of aryl methyl sites for hydroxylation is 1. The van der Waals surface area contributed by atoms with Crippen LogP contribution in [0.1, 0.15) is 19.0 Å². The van der Waals surface area contributed by atoms with Gasteiger partial charge in [-0.15, -0.1) is 0 Å². The van der Waals surface area contributed by atoms with E-state index in [4.69, 9.17) is 4.74 Å². The van der Waals surface area contributed by atoms with Crippen LogP contribution in [0.15, 0.2) is 6.33 Å². The van der Waals surface area contributed by atoms with E-state index in [-0.39, 0.29) is 18.1 Å². The summed E-state index contributed by atoms with van der Waals surface area (Å²) in [5.74, 6) is -0.384. The number of rotatable bonds is 6. The van der Waals surface area contributed by atoms with E-state index in [9.17, 15) is 9.50 Å². The zero-order valence-electron chi connectivity index (χ0n) is 10.3. The molecule has 96 valence electrons. The summed E-state index contributed by atoms with van der Waals surface area (Å²) in [7, 11) is 1.57. The Bertz CT molecular complexity index is 372. The molecule has 1 unspecified atom stereocenters. The molecule has 0 radical (unpaired) electrons. The highest BCUT2D eigenvalue weighted by atomic mass is 19.1. The van der Waals surface area contributed by atoms with Crippen molar-refractivity contribution >= 4 is 5.82 Å². The molecule has 1 aromatic heterocycles. The molecule has 1 heterocycles. The van der Waals surface area contributed by atoms with E-state index < -0.39 is 11.4 Å². The molecular formula is C11H18FN3O2. The predicted molar refractivity (Wildman–Crippen MR) is 62.3 cm³/mol. The first-order chi connectivity index (χ1) is 7.96. The number of aliphatic hydroxyl groups is 1. The maximum Gasteiger partial charge on any atom is 0.186 e. The highest BCUT2D eigenvalue weighted by molar-refractivity contribution is 5.37. The molecule has 0 aromatic carbocycles. The summed E-state index contributed by atoms with van der Waals surface area (Å²) < 4.78 is 18.4. The summed E-state index contributed by atoms with van der Waals surface area (Å²) in [4.78, 5) is 7.51. The van der Waals surface area contributed by atoms with Crippen LogP contribution in [-0.4, -0.2) is 40.9 Å². The Morgan fingerprint density at radius 1 is 1.53 bits per heavy atom. The Morgan fingerprint density at radius 2 is 2.24 bits per heavy atom. The maximum atomic E-state index is 13.5. The molecule has 1 rings (SSSR count). The number of aromatic nitrogens is 2. The molecule has 0 saturated carbocycles. The summed E-state index contributed by atoms with van der Waals surface area (Å²) >= 11 is 0. The SMILES string of the molecule is COCCC(C)(O)CNc1ncnc(C)c1F. The summed E-state index contributed by atoms with van der Waals surface area (Å²) in [6, 6.07) is 0. The molecule has 2 N–H and O–H groups in total. The van der Waals surface area contributed by atoms with Gasteiger partial charge >= 0.3 is 0 Å². The largest absolute Gasteiger partial charge is 0.388 e. The molecule has 0 fully saturated rings. The van der Waals surface area contributed by atoms with Crippen LogP contribution in [0.4, 0.5) is 10.2 Å². The summed E-state index contributed by atoms with van der Waals surface area (Å²) in [5, 5.41) is 12.7. The summed E-state index contributed by atoms with van der Waals surface area (Å²) in [6.07, 6.45) is 1.74. The van der Waals surface area contributed by atoms with E-state index >= 15 is 0 Å². The van der Waals surface area contributed by atoms with Gasteiger partial charge in [0, 0.05) is 26.7 Å². The Hall–Kier alpha value is -1.27. The Kier molecular flexibility index (Phi) is 4.77. The second-order valence-corrected chi connectivity index (χ2v) is 4.21. The molecule has 17 heavy (non-hydrogen) atoms. The van der Waals surface area contributed by atoms with Crippen molar-refractivity contribution < 1.29 is 14.2 Å². The highest BCUT2D eigenvalue weighted by Gasteiger charge is 2.20. The van der Waals surface area contributed by atoms with Crippen molar-refractivity contribution in [3.8, 4) is 0 Å². The van der Waals surface area contributed by atoms with E-state index in [1.807, 2.05) is 0 Å². The Morgan fingerprint density at radius 3 is 2.88 bits per heavy atom. The molecule has 0 aliphatic heterocycles. The van der Waals surface area contributed by atoms with Crippen LogP contribution in [0, 0.1) is 12.7 Å². The molecule has 0 saturated heterocycles. The van der Waals surface area contributed by atoms with Gasteiger partial charge in [0.05, 0.1) is 11.3 Å². The van der Waals surface area contributed by atoms with Gasteiger partial charge in [-0.1, -0.05) is 0 Å². The number of halogens is 1. The van der Waals surface area contributed by atoms with Gasteiger partial charge < -0.3 is 15.2 Å². The van der Waals surface area contributed by atoms with Crippen LogP contribution in [0.2, 0.25) is 0 Å². The van der Waals surface area contributed by atoms with E-state index in [2.05, 4.69) is 15.3 Å². The minimum atomic E-state index is -0.971. The van der Waals surface area contributed by atoms with Crippen LogP contribution >= 0.6 is 0 Å². The lowest BCUT2D eigenvalue weighted by Gasteiger charge is -2.23. The molecule has 6 heteroatoms. The highest BCUT2D eigenvalue weighted by Crippen LogP contribution is 2.15. The first kappa shape index (κ1) is 13.8. The summed E-state index contributed by atoms with van der Waals surface area (Å²) in [5.41, 5.74) is -0.694. The second-order valence-electron chi connectivity index (χ2n) is 4.21. The lowest BCUT2D eigenvalue weighted by atomic mass is 10.0. The van der Waals surface area contributed by atoms with Crippen LogP contribution in [0.3, 0.4) is 0 Å². The first-order valence-electron chi connectivity index (χ1n) is 5.38. The van der Waals surface area contributed by atoms with Crippen LogP contribution in [0.5, 0.6) is 0 Å². The number of hydrogen-bond acceptors (Lipinski definition) is 5. The molecule has 1 aromatic rings. The average Bonchev–Trinajstić information content (AvgIpc) is 2.29. The van der Waals surface area contributed by atoms with Crippen LogP contribution < -0.4 is 5.32 Å². The normalized spacial score (nSPS) is 14.4. The quantitative estimate of drug-likeness (QED) is 0.783. The molecule has 0 spiro atoms. The lowest BCUT2D eigenvalue weighted by molar-refractivity contribution is 0.0356. The molecule has 0 bridgehead atoms. The van der Waals surface area contributed by atoms with Gasteiger partial charge in [0.1, 0.15) is 6.33 Å². The number of methoxy groups -OCH3 is 1. The smallest absolute Gasteiger partial charge is 0.186 e. The van der Waals surface area contributed by atoms with Crippen molar-refractivity contribution in [2.45, 2.75) is 25.9 Å². The fourth-order valence-corrected chi connectivity index (χ4v) is 1.27. The number of anilines is 1. The zero-order valence-corrected chi connectivity index (χ0v) is 10.3. The summed E-state index contributed by atoms with van der Waals surface area (Å²) in [6.45, 7) is 3.86. The molecule has 5 nitrogen and oxygen atoms in total. The third-order valence-corrected chi connectivity index (χ3v) is 2.45. The minimum absolute atomic E-state index is 0.107. The van der Waals surface area contributed by atoms with E-state index in [0.717, 1.165) is 0 Å². The lowest BCUT2D eigenvalue weighted by Crippen LogP contribution is -2.35. The molecule has 0 amide bonds. The van der Waals surface area contributed by atoms with Crippen molar-refractivity contribution in [2.75, 3.05) is 25.6 Å². The Labute approximate surface area is 100 Å². The monoisotopic (exact) mass is 243 g/mol. The third-order valence-electron chi connectivity index (χ3n) is 2.45. The number of nitrogens with one attached hydrogen (secondary N) is 1. The predicted octanol–water partition coefficient (Wildman–Crippen LogP) is 1.12. The number of nitrogens with zero attached hydrogens (tertiary/aromatic N) is 2. The zero-order chi connectivity index (χ0) is 12.9. The van der Waals surface area contributed by atoms with Gasteiger partial charge in [-0.3, -0.25) is 0 Å². The van der Waals surface area contributed by atoms with Crippen LogP contribution in [-0.2, 0) is 4.74 Å². The fourth-order valence-electron chi connectivity index (χ4n) is 1.27. The average molecular weight is 243 g/mol. The van der Waals surface area contributed by atoms with Crippen molar-refractivity contribution in [3.63, 3.8) is 0 Å². The van der Waals surface area contributed by atoms with Gasteiger partial charge in [-0.2, -0.15) is 0 Å². The first-order valence-corrected chi connectivity index (χ1v) is 5.38. The van der Waals surface area contributed by atoms with E-state index in [0.29, 0.717) is 13.0 Å². The molecular weight excluding hydrogens is 225 g/mol. The maximum absolute atomic E-state index is 13.5. The van der Waals surface area contributed by atoms with Gasteiger partial charge in [-0.05, 0) is 13.8 Å². The number of ether oxygens (including phenoxy) is 1. The van der Waals surface area contributed by atoms with Crippen molar-refractivity contribution in [1.29, 1.82) is 0 Å². The van der Waals surface area contributed by atoms with Gasteiger partial charge in [0.2, 0.25) is 0 Å². The number of hydrogen-bond donors (Lipinski definition) is 2. The minimum Gasteiger partial charge on any atom is -0.388 e. The second kappa shape index (κ2) is 5.88. The topological polar surface area (TPSA) is 67.3 Å². The van der Waals surface area contributed by atoms with Gasteiger partial charge in [0.15, 0.2) is 11.6 Å². The third kappa shape index (κ3) is 4.24. The van der Waals surface area contributed by atoms with Crippen LogP contribution in [0.25, 0.3) is 0 Å². The Balaban J connectivity index is 2.58. The van der Waals surface area contributed by atoms with Crippen molar-refractivity contribution in [2.24, 2.45) is 0 Å². The van der Waals surface area contributed by atoms with E-state index in [1.54, 1.807) is 21.0 Å².